The number of halogens is 2. The number of hydrogen-bond acceptors (Lipinski definition) is 4. The monoisotopic (exact) mass is 342 g/mol. The van der Waals surface area contributed by atoms with Crippen LogP contribution in [0.15, 0.2) is 16.7 Å². The summed E-state index contributed by atoms with van der Waals surface area (Å²) in [6, 6.07) is 2.51. The van der Waals surface area contributed by atoms with Gasteiger partial charge in [-0.25, -0.2) is 0 Å². The van der Waals surface area contributed by atoms with Gasteiger partial charge < -0.3 is 14.9 Å². The van der Waals surface area contributed by atoms with Crippen LogP contribution in [0.3, 0.4) is 0 Å². The van der Waals surface area contributed by atoms with Crippen molar-refractivity contribution in [2.75, 3.05) is 0 Å². The number of phenolic OH excluding ortho intramolecular Hbond substituents is 1. The van der Waals surface area contributed by atoms with Crippen molar-refractivity contribution in [3.8, 4) is 5.75 Å². The molecule has 2 aromatic rings. The van der Waals surface area contributed by atoms with Crippen LogP contribution < -0.4 is 5.32 Å². The van der Waals surface area contributed by atoms with Crippen LogP contribution in [0.25, 0.3) is 0 Å². The van der Waals surface area contributed by atoms with E-state index in [1.807, 2.05) is 20.8 Å². The first-order valence-corrected chi connectivity index (χ1v) is 7.45. The number of carbonyl (C=O) groups excluding carboxylic acids is 1. The molecule has 2 N–H and O–H groups in total. The largest absolute Gasteiger partial charge is 0.507 e. The highest BCUT2D eigenvalue weighted by atomic mass is 35.5. The number of carbonyl (C=O) groups is 1. The Bertz CT molecular complexity index is 670. The summed E-state index contributed by atoms with van der Waals surface area (Å²) in [5.74, 6) is 0.0175. The first-order valence-electron chi connectivity index (χ1n) is 6.70. The van der Waals surface area contributed by atoms with Gasteiger partial charge in [-0.1, -0.05) is 28.4 Å². The summed E-state index contributed by atoms with van der Waals surface area (Å²) in [4.78, 5) is 12.3. The fourth-order valence-electron chi connectivity index (χ4n) is 2.23. The first-order chi connectivity index (χ1) is 10.3. The molecule has 118 valence electrons. The van der Waals surface area contributed by atoms with Gasteiger partial charge in [-0.15, -0.1) is 0 Å². The Morgan fingerprint density at radius 2 is 2.09 bits per heavy atom. The molecule has 0 saturated carbocycles. The Kier molecular flexibility index (Phi) is 4.98. The van der Waals surface area contributed by atoms with Crippen LogP contribution in [-0.2, 0) is 6.42 Å². The molecule has 1 atom stereocenters. The van der Waals surface area contributed by atoms with E-state index in [-0.39, 0.29) is 27.4 Å². The van der Waals surface area contributed by atoms with Crippen molar-refractivity contribution < 1.29 is 14.4 Å². The Balaban J connectivity index is 2.12. The van der Waals surface area contributed by atoms with Crippen LogP contribution in [0.2, 0.25) is 10.0 Å². The third-order valence-electron chi connectivity index (χ3n) is 3.33. The highest BCUT2D eigenvalue weighted by Crippen LogP contribution is 2.30. The minimum absolute atomic E-state index is 0.0108. The summed E-state index contributed by atoms with van der Waals surface area (Å²) >= 11 is 11.7. The molecule has 0 radical (unpaired) electrons. The molecule has 1 aromatic carbocycles. The minimum Gasteiger partial charge on any atom is -0.507 e. The van der Waals surface area contributed by atoms with Crippen LogP contribution >= 0.6 is 23.2 Å². The second-order valence-electron chi connectivity index (χ2n) is 5.16. The SMILES string of the molecule is Cc1noc(C)c1C[C@@H](C)NC(=O)c1c(O)cc(Cl)cc1Cl. The molecule has 1 heterocycles. The number of aromatic nitrogens is 1. The zero-order chi connectivity index (χ0) is 16.4. The molecule has 0 bridgehead atoms. The van der Waals surface area contributed by atoms with Crippen molar-refractivity contribution in [3.05, 3.63) is 44.8 Å². The third kappa shape index (κ3) is 3.54. The van der Waals surface area contributed by atoms with Gasteiger partial charge in [-0.05, 0) is 39.3 Å². The third-order valence-corrected chi connectivity index (χ3v) is 3.85. The standard InChI is InChI=1S/C15H16Cl2N2O3/c1-7(4-11-8(2)19-22-9(11)3)18-15(21)14-12(17)5-10(16)6-13(14)20/h5-7,20H,4H2,1-3H3,(H,18,21)/t7-/m1/s1. The molecule has 0 unspecified atom stereocenters. The van der Waals surface area contributed by atoms with Crippen LogP contribution in [0, 0.1) is 13.8 Å². The van der Waals surface area contributed by atoms with Crippen LogP contribution in [-0.4, -0.2) is 22.2 Å². The first kappa shape index (κ1) is 16.6. The average molecular weight is 343 g/mol. The second-order valence-corrected chi connectivity index (χ2v) is 6.01. The smallest absolute Gasteiger partial charge is 0.256 e. The second kappa shape index (κ2) is 6.58. The van der Waals surface area contributed by atoms with E-state index in [0.717, 1.165) is 17.0 Å². The number of rotatable bonds is 4. The summed E-state index contributed by atoms with van der Waals surface area (Å²) in [5, 5.41) is 16.9. The molecule has 1 aromatic heterocycles. The highest BCUT2D eigenvalue weighted by molar-refractivity contribution is 6.37. The van der Waals surface area contributed by atoms with Crippen molar-refractivity contribution in [2.45, 2.75) is 33.2 Å². The van der Waals surface area contributed by atoms with Gasteiger partial charge in [0.25, 0.3) is 5.91 Å². The molecule has 1 amide bonds. The number of nitrogens with zero attached hydrogens (tertiary/aromatic N) is 1. The van der Waals surface area contributed by atoms with Crippen molar-refractivity contribution in [2.24, 2.45) is 0 Å². The molecular formula is C15H16Cl2N2O3. The maximum absolute atomic E-state index is 12.3. The van der Waals surface area contributed by atoms with Gasteiger partial charge in [0, 0.05) is 16.6 Å². The summed E-state index contributed by atoms with van der Waals surface area (Å²) < 4.78 is 5.10. The van der Waals surface area contributed by atoms with E-state index in [0.29, 0.717) is 6.42 Å². The van der Waals surface area contributed by atoms with Crippen molar-refractivity contribution in [1.29, 1.82) is 0 Å². The van der Waals surface area contributed by atoms with Gasteiger partial charge in [0.1, 0.15) is 11.5 Å². The van der Waals surface area contributed by atoms with Gasteiger partial charge >= 0.3 is 0 Å². The highest BCUT2D eigenvalue weighted by Gasteiger charge is 2.20. The van der Waals surface area contributed by atoms with E-state index in [9.17, 15) is 9.90 Å². The summed E-state index contributed by atoms with van der Waals surface area (Å²) in [5.41, 5.74) is 1.77. The maximum atomic E-state index is 12.3. The van der Waals surface area contributed by atoms with Crippen LogP contribution in [0.4, 0.5) is 0 Å². The Morgan fingerprint density at radius 3 is 2.64 bits per heavy atom. The molecule has 0 saturated heterocycles. The quantitative estimate of drug-likeness (QED) is 0.888. The van der Waals surface area contributed by atoms with E-state index in [4.69, 9.17) is 27.7 Å². The normalized spacial score (nSPS) is 12.2. The fourth-order valence-corrected chi connectivity index (χ4v) is 2.80. The summed E-state index contributed by atoms with van der Waals surface area (Å²) in [6.07, 6.45) is 0.568. The molecule has 0 aliphatic heterocycles. The predicted molar refractivity (Wildman–Crippen MR) is 84.7 cm³/mol. The Labute approximate surface area is 138 Å². The molecule has 0 aliphatic rings. The minimum atomic E-state index is -0.460. The number of aromatic hydroxyl groups is 1. The topological polar surface area (TPSA) is 75.4 Å². The molecule has 0 fully saturated rings. The Hall–Kier alpha value is -1.72. The van der Waals surface area contributed by atoms with Crippen molar-refractivity contribution in [3.63, 3.8) is 0 Å². The number of hydrogen-bond donors (Lipinski definition) is 2. The molecule has 0 spiro atoms. The zero-order valence-corrected chi connectivity index (χ0v) is 13.9. The lowest BCUT2D eigenvalue weighted by Crippen LogP contribution is -2.34. The predicted octanol–water partition coefficient (Wildman–Crippen LogP) is 3.66. The van der Waals surface area contributed by atoms with Gasteiger partial charge in [0.05, 0.1) is 16.3 Å². The average Bonchev–Trinajstić information content (AvgIpc) is 2.69. The molecule has 22 heavy (non-hydrogen) atoms. The molecule has 2 rings (SSSR count). The number of phenols is 1. The molecule has 0 aliphatic carbocycles. The number of benzene rings is 1. The number of amides is 1. The lowest BCUT2D eigenvalue weighted by atomic mass is 10.1. The molecule has 7 heteroatoms. The van der Waals surface area contributed by atoms with Gasteiger partial charge in [0.2, 0.25) is 0 Å². The molecular weight excluding hydrogens is 327 g/mol. The lowest BCUT2D eigenvalue weighted by molar-refractivity contribution is 0.0937. The van der Waals surface area contributed by atoms with E-state index in [1.54, 1.807) is 0 Å². The van der Waals surface area contributed by atoms with Crippen molar-refractivity contribution >= 4 is 29.1 Å². The van der Waals surface area contributed by atoms with Gasteiger partial charge in [0.15, 0.2) is 0 Å². The summed E-state index contributed by atoms with van der Waals surface area (Å²) in [6.45, 7) is 5.53. The Morgan fingerprint density at radius 1 is 1.41 bits per heavy atom. The van der Waals surface area contributed by atoms with E-state index >= 15 is 0 Å². The molecule has 5 nitrogen and oxygen atoms in total. The summed E-state index contributed by atoms with van der Waals surface area (Å²) in [7, 11) is 0. The number of nitrogens with one attached hydrogen (secondary N) is 1. The van der Waals surface area contributed by atoms with Crippen molar-refractivity contribution in [1.82, 2.24) is 10.5 Å². The van der Waals surface area contributed by atoms with E-state index in [1.165, 1.54) is 12.1 Å². The van der Waals surface area contributed by atoms with Crippen LogP contribution in [0.5, 0.6) is 5.75 Å². The van der Waals surface area contributed by atoms with Gasteiger partial charge in [-0.2, -0.15) is 0 Å². The van der Waals surface area contributed by atoms with Crippen LogP contribution in [0.1, 0.15) is 34.3 Å². The number of aryl methyl sites for hydroxylation is 2. The lowest BCUT2D eigenvalue weighted by Gasteiger charge is -2.15. The fraction of sp³-hybridized carbons (Fsp3) is 0.333. The maximum Gasteiger partial charge on any atom is 0.256 e. The van der Waals surface area contributed by atoms with E-state index < -0.39 is 5.91 Å². The zero-order valence-electron chi connectivity index (χ0n) is 12.4. The van der Waals surface area contributed by atoms with E-state index in [2.05, 4.69) is 10.5 Å². The van der Waals surface area contributed by atoms with Gasteiger partial charge in [-0.3, -0.25) is 4.79 Å².